The van der Waals surface area contributed by atoms with Crippen LogP contribution >= 0.6 is 0 Å². The topological polar surface area (TPSA) is 23.8 Å². The van der Waals surface area contributed by atoms with Gasteiger partial charge in [-0.25, -0.2) is 0 Å². The van der Waals surface area contributed by atoms with Gasteiger partial charge in [0.25, 0.3) is 0 Å². The third-order valence-electron chi connectivity index (χ3n) is 4.98. The van der Waals surface area contributed by atoms with Gasteiger partial charge in [-0.05, 0) is 42.7 Å². The van der Waals surface area contributed by atoms with Gasteiger partial charge in [-0.3, -0.25) is 0 Å². The minimum absolute atomic E-state index is 0.108. The zero-order valence-corrected chi connectivity index (χ0v) is 13.0. The molecule has 2 rings (SSSR count). The van der Waals surface area contributed by atoms with Crippen LogP contribution in [0.4, 0.5) is 0 Å². The highest BCUT2D eigenvalue weighted by molar-refractivity contribution is 5.32. The standard InChI is InChI=1S/C19H27N/c1-3-5-8-16(4-2)13-19(15-20)12-11-17-9-6-7-10-18(17)14-19/h6-7,9-10,16H,3-5,8,11-14H2,1-2H3. The molecule has 0 amide bonds. The van der Waals surface area contributed by atoms with Crippen molar-refractivity contribution in [2.24, 2.45) is 11.3 Å². The fourth-order valence-corrected chi connectivity index (χ4v) is 3.61. The highest BCUT2D eigenvalue weighted by Gasteiger charge is 2.36. The minimum atomic E-state index is -0.108. The Labute approximate surface area is 124 Å². The molecule has 0 N–H and O–H groups in total. The van der Waals surface area contributed by atoms with Gasteiger partial charge in [0, 0.05) is 0 Å². The van der Waals surface area contributed by atoms with Crippen LogP contribution in [-0.2, 0) is 12.8 Å². The predicted octanol–water partition coefficient (Wildman–Crippen LogP) is 5.29. The number of nitriles is 1. The molecule has 20 heavy (non-hydrogen) atoms. The van der Waals surface area contributed by atoms with Crippen LogP contribution in [-0.4, -0.2) is 0 Å². The van der Waals surface area contributed by atoms with E-state index in [1.54, 1.807) is 0 Å². The molecule has 0 fully saturated rings. The van der Waals surface area contributed by atoms with E-state index in [4.69, 9.17) is 0 Å². The fourth-order valence-electron chi connectivity index (χ4n) is 3.61. The summed E-state index contributed by atoms with van der Waals surface area (Å²) in [6.07, 6.45) is 9.24. The molecule has 1 aromatic rings. The Hall–Kier alpha value is -1.29. The Bertz CT molecular complexity index is 471. The lowest BCUT2D eigenvalue weighted by molar-refractivity contribution is 0.241. The van der Waals surface area contributed by atoms with Crippen molar-refractivity contribution in [3.8, 4) is 6.07 Å². The number of hydrogen-bond donors (Lipinski definition) is 0. The summed E-state index contributed by atoms with van der Waals surface area (Å²) in [6, 6.07) is 11.4. The number of hydrogen-bond acceptors (Lipinski definition) is 1. The number of aryl methyl sites for hydroxylation is 1. The van der Waals surface area contributed by atoms with E-state index in [2.05, 4.69) is 44.2 Å². The maximum absolute atomic E-state index is 9.79. The highest BCUT2D eigenvalue weighted by atomic mass is 14.4. The molecule has 1 aliphatic carbocycles. The van der Waals surface area contributed by atoms with Gasteiger partial charge in [0.05, 0.1) is 11.5 Å². The maximum Gasteiger partial charge on any atom is 0.0693 e. The molecule has 0 radical (unpaired) electrons. The molecular weight excluding hydrogens is 242 g/mol. The van der Waals surface area contributed by atoms with Crippen LogP contribution in [0.25, 0.3) is 0 Å². The first-order chi connectivity index (χ1) is 9.73. The van der Waals surface area contributed by atoms with Crippen LogP contribution in [0.3, 0.4) is 0 Å². The monoisotopic (exact) mass is 269 g/mol. The molecule has 0 spiro atoms. The molecule has 1 aromatic carbocycles. The van der Waals surface area contributed by atoms with Gasteiger partial charge in [-0.1, -0.05) is 63.8 Å². The second kappa shape index (κ2) is 6.93. The lowest BCUT2D eigenvalue weighted by Crippen LogP contribution is -2.30. The van der Waals surface area contributed by atoms with Gasteiger partial charge >= 0.3 is 0 Å². The molecule has 2 unspecified atom stereocenters. The second-order valence-electron chi connectivity index (χ2n) is 6.46. The summed E-state index contributed by atoms with van der Waals surface area (Å²) in [5, 5.41) is 9.79. The average molecular weight is 269 g/mol. The molecule has 1 aliphatic rings. The summed E-state index contributed by atoms with van der Waals surface area (Å²) in [5.41, 5.74) is 2.76. The van der Waals surface area contributed by atoms with E-state index in [9.17, 15) is 5.26 Å². The van der Waals surface area contributed by atoms with Crippen molar-refractivity contribution >= 4 is 0 Å². The van der Waals surface area contributed by atoms with E-state index >= 15 is 0 Å². The Morgan fingerprint density at radius 3 is 2.65 bits per heavy atom. The summed E-state index contributed by atoms with van der Waals surface area (Å²) in [4.78, 5) is 0. The zero-order valence-electron chi connectivity index (χ0n) is 13.0. The van der Waals surface area contributed by atoms with Gasteiger partial charge in [0.15, 0.2) is 0 Å². The molecule has 2 atom stereocenters. The molecule has 0 aromatic heterocycles. The van der Waals surface area contributed by atoms with E-state index < -0.39 is 0 Å². The lowest BCUT2D eigenvalue weighted by atomic mass is 9.67. The van der Waals surface area contributed by atoms with Gasteiger partial charge in [0.1, 0.15) is 0 Å². The number of nitrogens with zero attached hydrogens (tertiary/aromatic N) is 1. The van der Waals surface area contributed by atoms with Crippen molar-refractivity contribution in [1.82, 2.24) is 0 Å². The number of benzene rings is 1. The quantitative estimate of drug-likeness (QED) is 0.688. The third-order valence-corrected chi connectivity index (χ3v) is 4.98. The summed E-state index contributed by atoms with van der Waals surface area (Å²) < 4.78 is 0. The molecule has 1 heteroatoms. The van der Waals surface area contributed by atoms with Gasteiger partial charge < -0.3 is 0 Å². The molecule has 108 valence electrons. The SMILES string of the molecule is CCCCC(CC)CC1(C#N)CCc2ccccc2C1. The minimum Gasteiger partial charge on any atom is -0.198 e. The maximum atomic E-state index is 9.79. The van der Waals surface area contributed by atoms with Crippen LogP contribution in [0.5, 0.6) is 0 Å². The number of fused-ring (bicyclic) bond motifs is 1. The van der Waals surface area contributed by atoms with E-state index in [1.807, 2.05) is 0 Å². The molecule has 0 saturated carbocycles. The summed E-state index contributed by atoms with van der Waals surface area (Å²) >= 11 is 0. The van der Waals surface area contributed by atoms with E-state index in [0.717, 1.165) is 31.6 Å². The first kappa shape index (κ1) is 15.1. The molecule has 0 saturated heterocycles. The van der Waals surface area contributed by atoms with E-state index in [-0.39, 0.29) is 5.41 Å². The summed E-state index contributed by atoms with van der Waals surface area (Å²) in [6.45, 7) is 4.53. The number of unbranched alkanes of at least 4 members (excludes halogenated alkanes) is 1. The zero-order chi connectivity index (χ0) is 14.4. The van der Waals surface area contributed by atoms with Crippen LogP contribution in [0, 0.1) is 22.7 Å². The lowest BCUT2D eigenvalue weighted by Gasteiger charge is -2.35. The van der Waals surface area contributed by atoms with Crippen molar-refractivity contribution < 1.29 is 0 Å². The van der Waals surface area contributed by atoms with Crippen LogP contribution in [0.1, 0.15) is 63.5 Å². The first-order valence-corrected chi connectivity index (χ1v) is 8.21. The van der Waals surface area contributed by atoms with Crippen molar-refractivity contribution in [1.29, 1.82) is 5.26 Å². The second-order valence-corrected chi connectivity index (χ2v) is 6.46. The molecule has 1 nitrogen and oxygen atoms in total. The predicted molar refractivity (Wildman–Crippen MR) is 84.4 cm³/mol. The van der Waals surface area contributed by atoms with Gasteiger partial charge in [-0.15, -0.1) is 0 Å². The Morgan fingerprint density at radius 1 is 1.25 bits per heavy atom. The molecular formula is C19H27N. The highest BCUT2D eigenvalue weighted by Crippen LogP contribution is 2.41. The van der Waals surface area contributed by atoms with Crippen molar-refractivity contribution in [2.75, 3.05) is 0 Å². The van der Waals surface area contributed by atoms with Crippen LogP contribution in [0.2, 0.25) is 0 Å². The Kier molecular flexibility index (Phi) is 5.24. The molecule has 0 bridgehead atoms. The van der Waals surface area contributed by atoms with E-state index in [1.165, 1.54) is 36.8 Å². The van der Waals surface area contributed by atoms with Crippen molar-refractivity contribution in [2.45, 2.75) is 65.2 Å². The first-order valence-electron chi connectivity index (χ1n) is 8.21. The Morgan fingerprint density at radius 2 is 2.00 bits per heavy atom. The van der Waals surface area contributed by atoms with Gasteiger partial charge in [0.2, 0.25) is 0 Å². The normalized spacial score (nSPS) is 22.9. The summed E-state index contributed by atoms with van der Waals surface area (Å²) in [5.74, 6) is 0.722. The van der Waals surface area contributed by atoms with Crippen LogP contribution < -0.4 is 0 Å². The average Bonchev–Trinajstić information content (AvgIpc) is 2.51. The van der Waals surface area contributed by atoms with Crippen LogP contribution in [0.15, 0.2) is 24.3 Å². The van der Waals surface area contributed by atoms with Crippen molar-refractivity contribution in [3.05, 3.63) is 35.4 Å². The fraction of sp³-hybridized carbons (Fsp3) is 0.632. The third kappa shape index (κ3) is 3.42. The Balaban J connectivity index is 2.10. The smallest absolute Gasteiger partial charge is 0.0693 e. The number of rotatable bonds is 6. The molecule has 0 aliphatic heterocycles. The molecule has 0 heterocycles. The van der Waals surface area contributed by atoms with E-state index in [0.29, 0.717) is 0 Å². The van der Waals surface area contributed by atoms with Crippen molar-refractivity contribution in [3.63, 3.8) is 0 Å². The van der Waals surface area contributed by atoms with Gasteiger partial charge in [-0.2, -0.15) is 5.26 Å². The summed E-state index contributed by atoms with van der Waals surface area (Å²) in [7, 11) is 0. The largest absolute Gasteiger partial charge is 0.198 e.